The van der Waals surface area contributed by atoms with Crippen LogP contribution in [-0.2, 0) is 16.0 Å². The molecule has 0 bridgehead atoms. The molecule has 0 saturated carbocycles. The van der Waals surface area contributed by atoms with Crippen LogP contribution in [0.3, 0.4) is 0 Å². The number of Topliss-reactive ketones (excluding diaryl/α,β-unsaturated/α-hetero) is 1. The van der Waals surface area contributed by atoms with E-state index in [-0.39, 0.29) is 6.42 Å². The Morgan fingerprint density at radius 2 is 2.00 bits per heavy atom. The molecule has 0 aliphatic rings. The average molecular weight is 202 g/mol. The zero-order chi connectivity index (χ0) is 10.8. The van der Waals surface area contributed by atoms with Crippen molar-refractivity contribution in [1.29, 1.82) is 0 Å². The third-order valence-corrected chi connectivity index (χ3v) is 2.16. The lowest BCUT2D eigenvalue weighted by atomic mass is 10.2. The topological polar surface area (TPSA) is 73.0 Å². The van der Waals surface area contributed by atoms with E-state index in [1.54, 1.807) is 6.07 Å². The molecule has 4 heteroatoms. The molecule has 0 aliphatic heterocycles. The molecule has 1 N–H and O–H groups in total. The first kappa shape index (κ1) is 9.45. The van der Waals surface area contributed by atoms with Crippen molar-refractivity contribution in [2.24, 2.45) is 0 Å². The molecule has 0 aliphatic carbocycles. The summed E-state index contributed by atoms with van der Waals surface area (Å²) >= 11 is 0. The van der Waals surface area contributed by atoms with Crippen LogP contribution in [0, 0.1) is 0 Å². The van der Waals surface area contributed by atoms with Crippen molar-refractivity contribution in [3.63, 3.8) is 0 Å². The number of fused-ring (bicyclic) bond motifs is 1. The van der Waals surface area contributed by atoms with E-state index in [2.05, 4.69) is 4.98 Å². The van der Waals surface area contributed by atoms with E-state index in [4.69, 9.17) is 0 Å². The van der Waals surface area contributed by atoms with E-state index in [0.29, 0.717) is 5.69 Å². The molecule has 2 aromatic rings. The molecule has 15 heavy (non-hydrogen) atoms. The minimum Gasteiger partial charge on any atom is -0.542 e. The van der Waals surface area contributed by atoms with E-state index in [1.807, 2.05) is 24.3 Å². The summed E-state index contributed by atoms with van der Waals surface area (Å²) in [5, 5.41) is 11.2. The van der Waals surface area contributed by atoms with Crippen molar-refractivity contribution < 1.29 is 14.7 Å². The van der Waals surface area contributed by atoms with Crippen LogP contribution < -0.4 is 5.11 Å². The Labute approximate surface area is 85.5 Å². The highest BCUT2D eigenvalue weighted by atomic mass is 16.4. The van der Waals surface area contributed by atoms with Crippen molar-refractivity contribution in [3.8, 4) is 0 Å². The lowest BCUT2D eigenvalue weighted by Gasteiger charge is -1.97. The van der Waals surface area contributed by atoms with Gasteiger partial charge >= 0.3 is 0 Å². The number of carboxylic acid groups (broad SMARTS) is 1. The number of aromatic amines is 1. The Hall–Kier alpha value is -2.10. The summed E-state index contributed by atoms with van der Waals surface area (Å²) in [4.78, 5) is 24.1. The van der Waals surface area contributed by atoms with Gasteiger partial charge in [0.25, 0.3) is 0 Å². The Bertz CT molecular complexity index is 494. The van der Waals surface area contributed by atoms with Crippen LogP contribution in [0.4, 0.5) is 0 Å². The molecule has 1 aromatic carbocycles. The number of carbonyl (C=O) groups is 2. The van der Waals surface area contributed by atoms with Gasteiger partial charge in [0, 0.05) is 11.2 Å². The normalized spacial score (nSPS) is 10.4. The smallest absolute Gasteiger partial charge is 0.184 e. The largest absolute Gasteiger partial charge is 0.542 e. The minimum absolute atomic E-state index is 0.156. The number of rotatable bonds is 3. The van der Waals surface area contributed by atoms with Crippen molar-refractivity contribution in [2.75, 3.05) is 0 Å². The van der Waals surface area contributed by atoms with Gasteiger partial charge in [-0.3, -0.25) is 4.79 Å². The quantitative estimate of drug-likeness (QED) is 0.713. The van der Waals surface area contributed by atoms with E-state index < -0.39 is 11.8 Å². The number of hydrogen-bond donors (Lipinski definition) is 1. The predicted molar refractivity (Wildman–Crippen MR) is 52.0 cm³/mol. The van der Waals surface area contributed by atoms with E-state index >= 15 is 0 Å². The van der Waals surface area contributed by atoms with Gasteiger partial charge < -0.3 is 14.9 Å². The summed E-state index contributed by atoms with van der Waals surface area (Å²) in [6.07, 6.45) is -0.156. The molecule has 2 rings (SSSR count). The first-order chi connectivity index (χ1) is 7.16. The van der Waals surface area contributed by atoms with Crippen LogP contribution in [0.5, 0.6) is 0 Å². The zero-order valence-corrected chi connectivity index (χ0v) is 7.82. The number of aromatic nitrogens is 1. The van der Waals surface area contributed by atoms with Gasteiger partial charge in [-0.1, -0.05) is 18.2 Å². The van der Waals surface area contributed by atoms with Crippen LogP contribution in [0.15, 0.2) is 30.3 Å². The van der Waals surface area contributed by atoms with Gasteiger partial charge in [-0.25, -0.2) is 0 Å². The number of H-pyrrole nitrogens is 1. The molecular weight excluding hydrogens is 194 g/mol. The standard InChI is InChI=1S/C11H9NO3/c13-10(11(14)15)6-8-5-7-3-1-2-4-9(7)12-8/h1-5,12H,6H2,(H,14,15)/p-1. The molecule has 76 valence electrons. The lowest BCUT2D eigenvalue weighted by Crippen LogP contribution is -2.32. The number of carboxylic acids is 1. The molecule has 0 saturated heterocycles. The molecule has 0 radical (unpaired) electrons. The minimum atomic E-state index is -1.64. The van der Waals surface area contributed by atoms with Gasteiger partial charge in [0.1, 0.15) is 5.97 Å². The van der Waals surface area contributed by atoms with Crippen LogP contribution in [0.2, 0.25) is 0 Å². The first-order valence-electron chi connectivity index (χ1n) is 4.47. The number of ketones is 1. The van der Waals surface area contributed by atoms with Gasteiger partial charge in [0.05, 0.1) is 6.42 Å². The third-order valence-electron chi connectivity index (χ3n) is 2.16. The molecule has 1 aromatic heterocycles. The molecule has 0 atom stereocenters. The maximum Gasteiger partial charge on any atom is 0.184 e. The number of carbonyl (C=O) groups excluding carboxylic acids is 2. The van der Waals surface area contributed by atoms with Crippen molar-refractivity contribution in [2.45, 2.75) is 6.42 Å². The zero-order valence-electron chi connectivity index (χ0n) is 7.82. The van der Waals surface area contributed by atoms with Crippen molar-refractivity contribution in [3.05, 3.63) is 36.0 Å². The second kappa shape index (κ2) is 3.57. The van der Waals surface area contributed by atoms with Crippen molar-refractivity contribution in [1.82, 2.24) is 4.98 Å². The number of nitrogens with one attached hydrogen (secondary N) is 1. The molecule has 0 fully saturated rings. The Kier molecular flexibility index (Phi) is 2.25. The van der Waals surface area contributed by atoms with Gasteiger partial charge in [0.15, 0.2) is 5.78 Å². The summed E-state index contributed by atoms with van der Waals surface area (Å²) in [6.45, 7) is 0. The molecule has 0 amide bonds. The highest BCUT2D eigenvalue weighted by molar-refractivity contribution is 6.32. The number of para-hydroxylation sites is 1. The van der Waals surface area contributed by atoms with Crippen LogP contribution in [0.25, 0.3) is 10.9 Å². The fraction of sp³-hybridized carbons (Fsp3) is 0.0909. The highest BCUT2D eigenvalue weighted by Gasteiger charge is 2.06. The van der Waals surface area contributed by atoms with Gasteiger partial charge in [-0.15, -0.1) is 0 Å². The fourth-order valence-electron chi connectivity index (χ4n) is 1.47. The summed E-state index contributed by atoms with van der Waals surface area (Å²) in [6, 6.07) is 9.25. The Morgan fingerprint density at radius 1 is 1.27 bits per heavy atom. The summed E-state index contributed by atoms with van der Waals surface area (Å²) in [5.74, 6) is -2.56. The molecule has 4 nitrogen and oxygen atoms in total. The first-order valence-corrected chi connectivity index (χ1v) is 4.47. The maximum atomic E-state index is 10.9. The molecular formula is C11H8NO3-. The van der Waals surface area contributed by atoms with Gasteiger partial charge in [-0.2, -0.15) is 0 Å². The summed E-state index contributed by atoms with van der Waals surface area (Å²) in [5.41, 5.74) is 1.48. The van der Waals surface area contributed by atoms with Crippen LogP contribution >= 0.6 is 0 Å². The number of benzene rings is 1. The lowest BCUT2D eigenvalue weighted by molar-refractivity contribution is -0.299. The Balaban J connectivity index is 2.30. The third kappa shape index (κ3) is 1.88. The molecule has 0 spiro atoms. The van der Waals surface area contributed by atoms with Crippen molar-refractivity contribution >= 4 is 22.7 Å². The van der Waals surface area contributed by atoms with Crippen LogP contribution in [0.1, 0.15) is 5.69 Å². The molecule has 0 unspecified atom stereocenters. The van der Waals surface area contributed by atoms with Crippen LogP contribution in [-0.4, -0.2) is 16.7 Å². The predicted octanol–water partition coefficient (Wildman–Crippen LogP) is 0.0294. The Morgan fingerprint density at radius 3 is 2.67 bits per heavy atom. The number of hydrogen-bond acceptors (Lipinski definition) is 3. The summed E-state index contributed by atoms with van der Waals surface area (Å²) in [7, 11) is 0. The average Bonchev–Trinajstić information content (AvgIpc) is 2.59. The monoisotopic (exact) mass is 202 g/mol. The van der Waals surface area contributed by atoms with Gasteiger partial charge in [-0.05, 0) is 17.5 Å². The van der Waals surface area contributed by atoms with E-state index in [0.717, 1.165) is 10.9 Å². The summed E-state index contributed by atoms with van der Waals surface area (Å²) < 4.78 is 0. The number of aliphatic carboxylic acids is 1. The van der Waals surface area contributed by atoms with E-state index in [1.165, 1.54) is 0 Å². The van der Waals surface area contributed by atoms with Gasteiger partial charge in [0.2, 0.25) is 0 Å². The SMILES string of the molecule is O=C([O-])C(=O)Cc1cc2ccccc2[nH]1. The highest BCUT2D eigenvalue weighted by Crippen LogP contribution is 2.14. The fourth-order valence-corrected chi connectivity index (χ4v) is 1.47. The van der Waals surface area contributed by atoms with E-state index in [9.17, 15) is 14.7 Å². The molecule has 1 heterocycles. The second-order valence-electron chi connectivity index (χ2n) is 3.27. The maximum absolute atomic E-state index is 10.9. The second-order valence-corrected chi connectivity index (χ2v) is 3.27.